The van der Waals surface area contributed by atoms with Gasteiger partial charge in [-0.05, 0) is 77.4 Å². The molecule has 0 bridgehead atoms. The first kappa shape index (κ1) is 20.4. The minimum atomic E-state index is -3.75. The van der Waals surface area contributed by atoms with Crippen LogP contribution < -0.4 is 0 Å². The molecule has 3 aromatic rings. The van der Waals surface area contributed by atoms with E-state index in [0.717, 1.165) is 44.4 Å². The molecule has 4 rings (SSSR count). The number of aromatic nitrogens is 2. The molecule has 152 valence electrons. The van der Waals surface area contributed by atoms with E-state index in [1.165, 1.54) is 16.4 Å². The lowest BCUT2D eigenvalue weighted by atomic mass is 10.0. The second kappa shape index (κ2) is 7.77. The minimum absolute atomic E-state index is 0.0684. The summed E-state index contributed by atoms with van der Waals surface area (Å²) in [7, 11) is -2.19. The number of carbonyl (C=O) groups is 1. The molecule has 0 amide bonds. The van der Waals surface area contributed by atoms with Crippen LogP contribution in [0.3, 0.4) is 0 Å². The lowest BCUT2D eigenvalue weighted by Crippen LogP contribution is -2.42. The Balaban J connectivity index is 1.72. The molecular weight excluding hydrogens is 508 g/mol. The van der Waals surface area contributed by atoms with E-state index in [2.05, 4.69) is 27.6 Å². The van der Waals surface area contributed by atoms with Crippen LogP contribution in [0.5, 0.6) is 0 Å². The quantitative estimate of drug-likeness (QED) is 0.291. The Morgan fingerprint density at radius 1 is 1.28 bits per heavy atom. The molecule has 0 N–H and O–H groups in total. The van der Waals surface area contributed by atoms with Crippen molar-refractivity contribution >= 4 is 49.9 Å². The van der Waals surface area contributed by atoms with E-state index in [9.17, 15) is 17.6 Å². The molecule has 6 nitrogen and oxygen atoms in total. The highest BCUT2D eigenvalue weighted by Gasteiger charge is 2.33. The van der Waals surface area contributed by atoms with E-state index in [-0.39, 0.29) is 10.9 Å². The Kier molecular flexibility index (Phi) is 5.47. The molecule has 1 aliphatic heterocycles. The average molecular weight is 527 g/mol. The van der Waals surface area contributed by atoms with Gasteiger partial charge in [0.25, 0.3) is 0 Å². The van der Waals surface area contributed by atoms with Gasteiger partial charge >= 0.3 is 0 Å². The van der Waals surface area contributed by atoms with Gasteiger partial charge < -0.3 is 9.36 Å². The number of aldehydes is 1. The van der Waals surface area contributed by atoms with Gasteiger partial charge in [0.05, 0.1) is 4.90 Å². The summed E-state index contributed by atoms with van der Waals surface area (Å²) in [5.41, 5.74) is 2.80. The maximum Gasteiger partial charge on any atom is 0.243 e. The summed E-state index contributed by atoms with van der Waals surface area (Å²) in [6.45, 7) is 0.453. The van der Waals surface area contributed by atoms with E-state index >= 15 is 0 Å². The molecule has 3 heterocycles. The van der Waals surface area contributed by atoms with Gasteiger partial charge in [-0.1, -0.05) is 0 Å². The van der Waals surface area contributed by atoms with Crippen molar-refractivity contribution in [3.8, 4) is 0 Å². The number of nitrogens with zero attached hydrogens (tertiary/aromatic N) is 3. The monoisotopic (exact) mass is 527 g/mol. The van der Waals surface area contributed by atoms with E-state index in [1.807, 2.05) is 16.7 Å². The van der Waals surface area contributed by atoms with E-state index in [1.54, 1.807) is 7.05 Å². The Morgan fingerprint density at radius 2 is 2.00 bits per heavy atom. The number of hydrogen-bond donors (Lipinski definition) is 0. The summed E-state index contributed by atoms with van der Waals surface area (Å²) < 4.78 is 43.5. The molecule has 0 aliphatic carbocycles. The van der Waals surface area contributed by atoms with Crippen LogP contribution in [0.2, 0.25) is 0 Å². The highest BCUT2D eigenvalue weighted by atomic mass is 127. The number of likely N-dealkylation sites (N-methyl/N-ethyl adjacent to an activating group) is 1. The van der Waals surface area contributed by atoms with Gasteiger partial charge in [-0.15, -0.1) is 0 Å². The number of pyridine rings is 1. The van der Waals surface area contributed by atoms with Crippen molar-refractivity contribution in [3.05, 3.63) is 57.2 Å². The Morgan fingerprint density at radius 3 is 2.69 bits per heavy atom. The van der Waals surface area contributed by atoms with Crippen molar-refractivity contribution in [1.29, 1.82) is 0 Å². The third-order valence-electron chi connectivity index (χ3n) is 5.50. The first-order valence-corrected chi connectivity index (χ1v) is 11.7. The SMILES string of the molecule is CN(C1CCc2c(CC=O)c3ccc(I)nc3n2C1)S(=O)(=O)c1ccc(F)cc1. The van der Waals surface area contributed by atoms with Crippen LogP contribution in [0.25, 0.3) is 11.0 Å². The van der Waals surface area contributed by atoms with E-state index in [4.69, 9.17) is 0 Å². The predicted molar refractivity (Wildman–Crippen MR) is 116 cm³/mol. The molecule has 29 heavy (non-hydrogen) atoms. The highest BCUT2D eigenvalue weighted by Crippen LogP contribution is 2.32. The van der Waals surface area contributed by atoms with Crippen LogP contribution in [0.1, 0.15) is 17.7 Å². The van der Waals surface area contributed by atoms with E-state index < -0.39 is 15.8 Å². The van der Waals surface area contributed by atoms with Gasteiger partial charge in [0, 0.05) is 37.1 Å². The summed E-state index contributed by atoms with van der Waals surface area (Å²) in [5.74, 6) is -0.476. The number of carbonyl (C=O) groups excluding carboxylic acids is 1. The maximum absolute atomic E-state index is 13.2. The van der Waals surface area contributed by atoms with Crippen LogP contribution in [0.15, 0.2) is 41.3 Å². The molecular formula is C20H19FIN3O3S. The zero-order valence-electron chi connectivity index (χ0n) is 15.7. The highest BCUT2D eigenvalue weighted by molar-refractivity contribution is 14.1. The van der Waals surface area contributed by atoms with Crippen LogP contribution >= 0.6 is 22.6 Å². The molecule has 0 fully saturated rings. The summed E-state index contributed by atoms with van der Waals surface area (Å²) in [6.07, 6.45) is 2.50. The number of halogens is 2. The zero-order chi connectivity index (χ0) is 20.8. The lowest BCUT2D eigenvalue weighted by Gasteiger charge is -2.32. The average Bonchev–Trinajstić information content (AvgIpc) is 3.00. The standard InChI is InChI=1S/C20H19FIN3O3S/c1-24(29(27,28)15-5-2-13(21)3-6-15)14-4-8-18-16(10-11-26)17-7-9-19(22)23-20(17)25(18)12-14/h2-3,5-7,9,11,14H,4,8,10,12H2,1H3. The second-order valence-electron chi connectivity index (χ2n) is 7.08. The van der Waals surface area contributed by atoms with Crippen LogP contribution in [-0.4, -0.2) is 41.6 Å². The Bertz CT molecular complexity index is 1190. The summed E-state index contributed by atoms with van der Waals surface area (Å²) in [6, 6.07) is 8.48. The van der Waals surface area contributed by atoms with Crippen molar-refractivity contribution in [1.82, 2.24) is 13.9 Å². The molecule has 1 atom stereocenters. The molecule has 1 unspecified atom stereocenters. The van der Waals surface area contributed by atoms with Gasteiger partial charge in [-0.3, -0.25) is 0 Å². The van der Waals surface area contributed by atoms with Crippen molar-refractivity contribution in [3.63, 3.8) is 0 Å². The molecule has 1 aliphatic rings. The first-order valence-electron chi connectivity index (χ1n) is 9.16. The third kappa shape index (κ3) is 3.59. The van der Waals surface area contributed by atoms with Crippen LogP contribution in [0.4, 0.5) is 4.39 Å². The molecule has 1 aromatic carbocycles. The topological polar surface area (TPSA) is 72.3 Å². The van der Waals surface area contributed by atoms with Crippen molar-refractivity contribution in [2.24, 2.45) is 0 Å². The number of sulfonamides is 1. The first-order chi connectivity index (χ1) is 13.8. The summed E-state index contributed by atoms with van der Waals surface area (Å²) >= 11 is 2.14. The third-order valence-corrected chi connectivity index (χ3v) is 8.02. The summed E-state index contributed by atoms with van der Waals surface area (Å²) in [4.78, 5) is 15.9. The van der Waals surface area contributed by atoms with Crippen molar-refractivity contribution in [2.45, 2.75) is 36.7 Å². The zero-order valence-corrected chi connectivity index (χ0v) is 18.7. The Hall–Kier alpha value is -1.85. The number of fused-ring (bicyclic) bond motifs is 3. The van der Waals surface area contributed by atoms with Gasteiger partial charge in [0.15, 0.2) is 0 Å². The van der Waals surface area contributed by atoms with Gasteiger partial charge in [0.2, 0.25) is 10.0 Å². The molecule has 0 spiro atoms. The fourth-order valence-corrected chi connectivity index (χ4v) is 5.76. The van der Waals surface area contributed by atoms with Crippen molar-refractivity contribution in [2.75, 3.05) is 7.05 Å². The molecule has 0 saturated carbocycles. The number of hydrogen-bond acceptors (Lipinski definition) is 4. The lowest BCUT2D eigenvalue weighted by molar-refractivity contribution is -0.107. The van der Waals surface area contributed by atoms with Crippen molar-refractivity contribution < 1.29 is 17.6 Å². The van der Waals surface area contributed by atoms with Gasteiger partial charge in [0.1, 0.15) is 21.5 Å². The Labute approximate surface area is 181 Å². The normalized spacial score (nSPS) is 16.9. The maximum atomic E-state index is 13.2. The van der Waals surface area contributed by atoms with Crippen LogP contribution in [0, 0.1) is 9.52 Å². The summed E-state index contributed by atoms with van der Waals surface area (Å²) in [5, 5.41) is 0.942. The minimum Gasteiger partial charge on any atom is -0.328 e. The van der Waals surface area contributed by atoms with E-state index in [0.29, 0.717) is 25.8 Å². The molecule has 9 heteroatoms. The molecule has 2 aromatic heterocycles. The van der Waals surface area contributed by atoms with Crippen LogP contribution in [-0.2, 0) is 34.2 Å². The fraction of sp³-hybridized carbons (Fsp3) is 0.300. The number of benzene rings is 1. The fourth-order valence-electron chi connectivity index (χ4n) is 3.98. The smallest absolute Gasteiger partial charge is 0.243 e. The molecule has 0 radical (unpaired) electrons. The molecule has 0 saturated heterocycles. The predicted octanol–water partition coefficient (Wildman–Crippen LogP) is 3.16. The van der Waals surface area contributed by atoms with Gasteiger partial charge in [-0.2, -0.15) is 4.31 Å². The second-order valence-corrected chi connectivity index (χ2v) is 10.2. The number of rotatable bonds is 5. The largest absolute Gasteiger partial charge is 0.328 e. The van der Waals surface area contributed by atoms with Gasteiger partial charge in [-0.25, -0.2) is 17.8 Å².